The SMILES string of the molecule is CC1C=CCC(C)(C2=C(N([O-])Oc3ccc(ON([O-])C4=C(c5ccccc5)C(=O)c5ccccc5C4=O)cc3)C(=O)c3ccccc3C2=O)C1. The van der Waals surface area contributed by atoms with Gasteiger partial charge in [0.05, 0.1) is 5.57 Å². The largest absolute Gasteiger partial charge is 0.724 e. The number of benzene rings is 4. The second-order valence-electron chi connectivity index (χ2n) is 12.8. The number of nitrogens with zero attached hydrogens (tertiary/aromatic N) is 2. The Hall–Kier alpha value is -6.10. The topological polar surface area (TPSA) is 139 Å². The molecule has 0 amide bonds. The maximum atomic E-state index is 13.9. The fraction of sp³-hybridized carbons (Fsp3) is 0.150. The molecule has 0 N–H and O–H groups in total. The number of hydrogen-bond acceptors (Lipinski definition) is 10. The highest BCUT2D eigenvalue weighted by Crippen LogP contribution is 2.47. The summed E-state index contributed by atoms with van der Waals surface area (Å²) < 4.78 is 0. The van der Waals surface area contributed by atoms with Crippen LogP contribution in [-0.4, -0.2) is 33.6 Å². The van der Waals surface area contributed by atoms with Crippen LogP contribution in [0.3, 0.4) is 0 Å². The van der Waals surface area contributed by atoms with Crippen LogP contribution in [0, 0.1) is 21.7 Å². The van der Waals surface area contributed by atoms with Crippen molar-refractivity contribution in [1.29, 1.82) is 0 Å². The Morgan fingerprint density at radius 3 is 1.62 bits per heavy atom. The van der Waals surface area contributed by atoms with Crippen LogP contribution in [0.25, 0.3) is 5.57 Å². The fourth-order valence-electron chi connectivity index (χ4n) is 6.98. The molecule has 3 aliphatic rings. The van der Waals surface area contributed by atoms with Crippen molar-refractivity contribution in [2.75, 3.05) is 0 Å². The van der Waals surface area contributed by atoms with E-state index in [2.05, 4.69) is 0 Å². The molecular formula is C40H30N2O8-2. The highest BCUT2D eigenvalue weighted by Gasteiger charge is 2.44. The van der Waals surface area contributed by atoms with Crippen LogP contribution in [0.5, 0.6) is 11.5 Å². The maximum Gasteiger partial charge on any atom is 0.212 e. The van der Waals surface area contributed by atoms with Crippen molar-refractivity contribution in [3.05, 3.63) is 170 Å². The van der Waals surface area contributed by atoms with Gasteiger partial charge in [-0.25, -0.2) is 0 Å². The number of allylic oxidation sites excluding steroid dienone is 6. The van der Waals surface area contributed by atoms with Crippen molar-refractivity contribution in [1.82, 2.24) is 10.5 Å². The lowest BCUT2D eigenvalue weighted by molar-refractivity contribution is 0.0210. The van der Waals surface area contributed by atoms with Crippen molar-refractivity contribution in [3.63, 3.8) is 0 Å². The first-order chi connectivity index (χ1) is 24.1. The van der Waals surface area contributed by atoms with Crippen LogP contribution < -0.4 is 9.68 Å². The minimum absolute atomic E-state index is 0.00935. The molecule has 50 heavy (non-hydrogen) atoms. The van der Waals surface area contributed by atoms with Crippen LogP contribution in [0.15, 0.2) is 132 Å². The molecule has 3 aliphatic carbocycles. The Morgan fingerprint density at radius 2 is 1.08 bits per heavy atom. The highest BCUT2D eigenvalue weighted by atomic mass is 16.9. The standard InChI is InChI=1S/C40H30N2O8/c1-24-11-10-22-40(2,23-24)33-35(39(46)31-17-9-7-15-29(31)37(33)44)42(48)50-27-20-18-26(19-21-27)49-41(47)34-32(25-12-4-3-5-13-25)36(43)28-14-6-8-16-30(28)38(34)45/h3-21,24H,22-23H2,1-2H3/q-2. The Kier molecular flexibility index (Phi) is 8.26. The molecule has 0 radical (unpaired) electrons. The monoisotopic (exact) mass is 666 g/mol. The molecule has 10 heteroatoms. The number of hydroxylamine groups is 4. The second-order valence-corrected chi connectivity index (χ2v) is 12.8. The van der Waals surface area contributed by atoms with E-state index in [0.29, 0.717) is 18.4 Å². The molecule has 250 valence electrons. The number of Topliss-reactive ketones (excluding diaryl/α,β-unsaturated/α-hetero) is 4. The van der Waals surface area contributed by atoms with Crippen LogP contribution in [0.2, 0.25) is 0 Å². The first-order valence-electron chi connectivity index (χ1n) is 16.1. The lowest BCUT2D eigenvalue weighted by atomic mass is 9.65. The van der Waals surface area contributed by atoms with Crippen molar-refractivity contribution in [3.8, 4) is 11.5 Å². The molecule has 0 saturated carbocycles. The molecule has 4 aromatic carbocycles. The van der Waals surface area contributed by atoms with E-state index in [9.17, 15) is 29.6 Å². The van der Waals surface area contributed by atoms with Gasteiger partial charge in [0.25, 0.3) is 0 Å². The van der Waals surface area contributed by atoms with Gasteiger partial charge in [-0.2, -0.15) is 0 Å². The molecule has 0 bridgehead atoms. The number of carbonyl (C=O) groups is 4. The van der Waals surface area contributed by atoms with Gasteiger partial charge in [-0.1, -0.05) is 105 Å². The van der Waals surface area contributed by atoms with E-state index in [4.69, 9.17) is 9.68 Å². The van der Waals surface area contributed by atoms with E-state index < -0.39 is 34.2 Å². The van der Waals surface area contributed by atoms with Gasteiger partial charge in [-0.05, 0) is 48.6 Å². The summed E-state index contributed by atoms with van der Waals surface area (Å²) in [6.07, 6.45) is 5.02. The first kappa shape index (κ1) is 32.4. The smallest absolute Gasteiger partial charge is 0.212 e. The van der Waals surface area contributed by atoms with Crippen LogP contribution in [0.1, 0.15) is 73.7 Å². The predicted octanol–water partition coefficient (Wildman–Crippen LogP) is 7.69. The zero-order valence-corrected chi connectivity index (χ0v) is 27.1. The summed E-state index contributed by atoms with van der Waals surface area (Å²) in [5.74, 6) is -2.11. The molecule has 0 spiro atoms. The molecular weight excluding hydrogens is 636 g/mol. The lowest BCUT2D eigenvalue weighted by Gasteiger charge is -2.42. The molecule has 0 heterocycles. The molecule has 0 aromatic heterocycles. The molecule has 0 saturated heterocycles. The Morgan fingerprint density at radius 1 is 0.620 bits per heavy atom. The second kappa shape index (κ2) is 12.7. The summed E-state index contributed by atoms with van der Waals surface area (Å²) in [4.78, 5) is 65.8. The van der Waals surface area contributed by atoms with Crippen LogP contribution in [0.4, 0.5) is 0 Å². The van der Waals surface area contributed by atoms with Crippen molar-refractivity contribution in [2.24, 2.45) is 11.3 Å². The van der Waals surface area contributed by atoms with E-state index >= 15 is 0 Å². The average molecular weight is 667 g/mol. The normalized spacial score (nSPS) is 20.0. The zero-order chi connectivity index (χ0) is 35.2. The fourth-order valence-corrected chi connectivity index (χ4v) is 6.98. The number of rotatable bonds is 8. The third kappa shape index (κ3) is 5.60. The van der Waals surface area contributed by atoms with Gasteiger partial charge in [0.15, 0.2) is 23.1 Å². The molecule has 0 fully saturated rings. The van der Waals surface area contributed by atoms with E-state index in [0.717, 1.165) is 0 Å². The van der Waals surface area contributed by atoms with Crippen LogP contribution >= 0.6 is 0 Å². The number of fused-ring (bicyclic) bond motifs is 2. The average Bonchev–Trinajstić information content (AvgIpc) is 3.12. The van der Waals surface area contributed by atoms with Crippen molar-refractivity contribution in [2.45, 2.75) is 26.7 Å². The van der Waals surface area contributed by atoms with Gasteiger partial charge in [0.1, 0.15) is 11.4 Å². The van der Waals surface area contributed by atoms with Gasteiger partial charge in [-0.3, -0.25) is 29.6 Å². The van der Waals surface area contributed by atoms with Crippen molar-refractivity contribution < 1.29 is 28.9 Å². The third-order valence-corrected chi connectivity index (χ3v) is 9.23. The van der Waals surface area contributed by atoms with Crippen LogP contribution in [-0.2, 0) is 0 Å². The predicted molar refractivity (Wildman–Crippen MR) is 184 cm³/mol. The minimum atomic E-state index is -0.795. The van der Waals surface area contributed by atoms with E-state index in [-0.39, 0.29) is 67.0 Å². The summed E-state index contributed by atoms with van der Waals surface area (Å²) in [5.41, 5.74) is -0.663. The van der Waals surface area contributed by atoms with E-state index in [1.165, 1.54) is 42.5 Å². The minimum Gasteiger partial charge on any atom is -0.724 e. The summed E-state index contributed by atoms with van der Waals surface area (Å²) in [6, 6.07) is 26.3. The Bertz CT molecular complexity index is 2150. The van der Waals surface area contributed by atoms with Gasteiger partial charge in [0.2, 0.25) is 11.6 Å². The van der Waals surface area contributed by atoms with Gasteiger partial charge in [0, 0.05) is 33.2 Å². The highest BCUT2D eigenvalue weighted by molar-refractivity contribution is 6.40. The van der Waals surface area contributed by atoms with Gasteiger partial charge >= 0.3 is 0 Å². The van der Waals surface area contributed by atoms with Crippen molar-refractivity contribution >= 4 is 28.7 Å². The zero-order valence-electron chi connectivity index (χ0n) is 27.1. The number of carbonyl (C=O) groups excluding carboxylic acids is 4. The van der Waals surface area contributed by atoms with Gasteiger partial charge < -0.3 is 20.1 Å². The Labute approximate surface area is 287 Å². The molecule has 2 atom stereocenters. The molecule has 10 nitrogen and oxygen atoms in total. The van der Waals surface area contributed by atoms with E-state index in [1.54, 1.807) is 60.7 Å². The third-order valence-electron chi connectivity index (χ3n) is 9.23. The number of ketones is 4. The first-order valence-corrected chi connectivity index (χ1v) is 16.1. The molecule has 7 rings (SSSR count). The summed E-state index contributed by atoms with van der Waals surface area (Å²) in [5, 5.41) is 27.3. The summed E-state index contributed by atoms with van der Waals surface area (Å²) >= 11 is 0. The summed E-state index contributed by atoms with van der Waals surface area (Å²) in [6.45, 7) is 3.88. The molecule has 0 aliphatic heterocycles. The molecule has 4 aromatic rings. The maximum absolute atomic E-state index is 13.9. The summed E-state index contributed by atoms with van der Waals surface area (Å²) in [7, 11) is 0. The quantitative estimate of drug-likeness (QED) is 0.136. The lowest BCUT2D eigenvalue weighted by Crippen LogP contribution is -2.39. The van der Waals surface area contributed by atoms with Gasteiger partial charge in [-0.15, -0.1) is 0 Å². The number of hydrogen-bond donors (Lipinski definition) is 0. The van der Waals surface area contributed by atoms with E-state index in [1.807, 2.05) is 26.0 Å². The molecule has 2 unspecified atom stereocenters. The Balaban J connectivity index is 1.17.